The fourth-order valence-corrected chi connectivity index (χ4v) is 0. The second-order valence-corrected chi connectivity index (χ2v) is 0. The largest absolute Gasteiger partial charge is 3.00 e. The quantitative estimate of drug-likeness (QED) is 0.554. The molecule has 0 bridgehead atoms. The Bertz CT molecular complexity index is 8.00. The Morgan fingerprint density at radius 2 is 1.00 bits per heavy atom. The third kappa shape index (κ3) is 8.85. The van der Waals surface area contributed by atoms with Gasteiger partial charge in [-0.05, 0) is 0 Å². The van der Waals surface area contributed by atoms with Gasteiger partial charge in [0.25, 0.3) is 0 Å². The second-order valence-electron chi connectivity index (χ2n) is 0. The minimum Gasteiger partial charge on any atom is -2.00 e. The molecule has 0 spiro atoms. The van der Waals surface area contributed by atoms with E-state index in [1.807, 2.05) is 0 Å². The Labute approximate surface area is 78.4 Å². The van der Waals surface area contributed by atoms with E-state index < -0.39 is 0 Å². The van der Waals surface area contributed by atoms with Gasteiger partial charge in [-0.1, -0.05) is 0 Å². The topological polar surface area (TPSA) is 28.5 Å². The van der Waals surface area contributed by atoms with Crippen LogP contribution in [0, 0.1) is 40.4 Å². The van der Waals surface area contributed by atoms with Crippen molar-refractivity contribution in [3.63, 3.8) is 0 Å². The van der Waals surface area contributed by atoms with Gasteiger partial charge < -0.3 is 5.48 Å². The van der Waals surface area contributed by atoms with Crippen LogP contribution in [0.3, 0.4) is 0 Å². The molecule has 4 heteroatoms. The predicted octanol–water partition coefficient (Wildman–Crippen LogP) is -0.124. The van der Waals surface area contributed by atoms with E-state index in [9.17, 15) is 0 Å². The Balaban J connectivity index is 0. The summed E-state index contributed by atoms with van der Waals surface area (Å²) in [5.41, 5.74) is 0. The molecular weight excluding hydrogens is 281 g/mol. The molecule has 0 aliphatic heterocycles. The summed E-state index contributed by atoms with van der Waals surface area (Å²) in [6.07, 6.45) is 0. The van der Waals surface area contributed by atoms with E-state index >= 15 is 0 Å². The summed E-state index contributed by atoms with van der Waals surface area (Å²) in [6.45, 7) is 0. The Hall–Kier alpha value is 2.32. The maximum Gasteiger partial charge on any atom is 3.00 e. The molecular formula is CoFeOSm+5. The third-order valence-corrected chi connectivity index (χ3v) is 0. The van der Waals surface area contributed by atoms with Gasteiger partial charge in [0.1, 0.15) is 0 Å². The van der Waals surface area contributed by atoms with Crippen LogP contribution in [0.1, 0.15) is 0 Å². The van der Waals surface area contributed by atoms with Crippen molar-refractivity contribution in [3.8, 4) is 0 Å². The van der Waals surface area contributed by atoms with Crippen LogP contribution in [0.2, 0.25) is 0 Å². The van der Waals surface area contributed by atoms with Gasteiger partial charge in [-0.25, -0.2) is 0 Å². The first kappa shape index (κ1) is 33.2. The molecule has 0 heterocycles. The first-order chi connectivity index (χ1) is 0. The van der Waals surface area contributed by atoms with E-state index in [0.29, 0.717) is 0 Å². The molecule has 4 heavy (non-hydrogen) atoms. The van der Waals surface area contributed by atoms with Crippen molar-refractivity contribution in [2.45, 2.75) is 0 Å². The van der Waals surface area contributed by atoms with Gasteiger partial charge in [0.2, 0.25) is 0 Å². The molecule has 0 aliphatic carbocycles. The molecule has 0 aromatic carbocycles. The zero-order chi connectivity index (χ0) is 0. The molecule has 0 amide bonds. The Kier molecular flexibility index (Phi) is 153. The molecule has 0 aliphatic rings. The summed E-state index contributed by atoms with van der Waals surface area (Å²) in [4.78, 5) is 0. The third-order valence-electron chi connectivity index (χ3n) is 0. The summed E-state index contributed by atoms with van der Waals surface area (Å²) >= 11 is 0. The van der Waals surface area contributed by atoms with Gasteiger partial charge in [0.15, 0.2) is 0 Å². The van der Waals surface area contributed by atoms with Crippen molar-refractivity contribution >= 4 is 0 Å². The summed E-state index contributed by atoms with van der Waals surface area (Å²) in [5.74, 6) is 0. The normalized spacial score (nSPS) is 0. The fraction of sp³-hybridized carbons (Fsp3) is 0. The molecule has 0 fully saturated rings. The van der Waals surface area contributed by atoms with Crippen LogP contribution in [0.15, 0.2) is 0 Å². The van der Waals surface area contributed by atoms with Gasteiger partial charge in [-0.3, -0.25) is 0 Å². The van der Waals surface area contributed by atoms with Gasteiger partial charge in [0, 0.05) is 0 Å². The van der Waals surface area contributed by atoms with Crippen molar-refractivity contribution in [1.29, 1.82) is 0 Å². The molecule has 0 saturated carbocycles. The summed E-state index contributed by atoms with van der Waals surface area (Å²) in [5, 5.41) is 0. The Morgan fingerprint density at radius 3 is 1.00 bits per heavy atom. The second kappa shape index (κ2) is 18.4. The molecule has 24 valence electrons. The molecule has 0 atom stereocenters. The summed E-state index contributed by atoms with van der Waals surface area (Å²) in [7, 11) is 0. The molecule has 0 saturated heterocycles. The molecule has 2 radical (unpaired) electrons. The van der Waals surface area contributed by atoms with Crippen LogP contribution in [-0.2, 0) is 39.3 Å². The van der Waals surface area contributed by atoms with Crippen LogP contribution in [0.4, 0.5) is 0 Å². The summed E-state index contributed by atoms with van der Waals surface area (Å²) in [6, 6.07) is 0. The minimum absolute atomic E-state index is 0. The van der Waals surface area contributed by atoms with Crippen LogP contribution in [0.25, 0.3) is 0 Å². The maximum absolute atomic E-state index is 0. The summed E-state index contributed by atoms with van der Waals surface area (Å²) < 4.78 is 0. The molecule has 0 aromatic rings. The molecule has 0 aromatic heterocycles. The number of rotatable bonds is 0. The van der Waals surface area contributed by atoms with E-state index in [1.165, 1.54) is 0 Å². The Morgan fingerprint density at radius 1 is 1.00 bits per heavy atom. The van der Waals surface area contributed by atoms with Gasteiger partial charge in [-0.15, -0.1) is 0 Å². The fourth-order valence-electron chi connectivity index (χ4n) is 0. The van der Waals surface area contributed by atoms with Crippen molar-refractivity contribution in [2.75, 3.05) is 0 Å². The van der Waals surface area contributed by atoms with Crippen LogP contribution in [0.5, 0.6) is 0 Å². The van der Waals surface area contributed by atoms with Crippen molar-refractivity contribution < 1.29 is 79.7 Å². The van der Waals surface area contributed by atoms with E-state index in [2.05, 4.69) is 0 Å². The van der Waals surface area contributed by atoms with Crippen LogP contribution in [-0.4, -0.2) is 0 Å². The van der Waals surface area contributed by atoms with Gasteiger partial charge >= 0.3 is 74.2 Å². The van der Waals surface area contributed by atoms with Crippen molar-refractivity contribution in [3.05, 3.63) is 0 Å². The molecule has 1 nitrogen and oxygen atoms in total. The minimum atomic E-state index is 0. The zero-order valence-electron chi connectivity index (χ0n) is 1.50. The first-order valence-corrected chi connectivity index (χ1v) is 0. The van der Waals surface area contributed by atoms with Crippen molar-refractivity contribution in [2.24, 2.45) is 0 Å². The SMILES string of the molecule is [Co+2].[Fe+2].[O-2].[Sm+3]. The average molecular weight is 281 g/mol. The van der Waals surface area contributed by atoms with E-state index in [0.717, 1.165) is 0 Å². The maximum atomic E-state index is 0. The van der Waals surface area contributed by atoms with E-state index in [4.69, 9.17) is 0 Å². The predicted molar refractivity (Wildman–Crippen MR) is 0.686 cm³/mol. The molecule has 0 N–H and O–H groups in total. The molecule has 0 rings (SSSR count). The van der Waals surface area contributed by atoms with Crippen LogP contribution >= 0.6 is 0 Å². The smallest absolute Gasteiger partial charge is 2.00 e. The average Bonchev–Trinajstić information content (AvgIpc) is 0. The number of hydrogen-bond acceptors (Lipinski definition) is 0. The number of hydrogen-bond donors (Lipinski definition) is 0. The first-order valence-electron chi connectivity index (χ1n) is 0. The standard InChI is InChI=1S/Co.Fe.O.Sm/q2*+2;-2;+3. The zero-order valence-corrected chi connectivity index (χ0v) is 6.27. The van der Waals surface area contributed by atoms with Gasteiger partial charge in [-0.2, -0.15) is 0 Å². The van der Waals surface area contributed by atoms with Crippen LogP contribution < -0.4 is 0 Å². The van der Waals surface area contributed by atoms with E-state index in [-0.39, 0.29) is 79.7 Å². The monoisotopic (exact) mass is 283 g/mol. The molecule has 0 unspecified atom stereocenters. The van der Waals surface area contributed by atoms with Crippen molar-refractivity contribution in [1.82, 2.24) is 0 Å². The van der Waals surface area contributed by atoms with Gasteiger partial charge in [0.05, 0.1) is 0 Å². The van der Waals surface area contributed by atoms with E-state index in [1.54, 1.807) is 0 Å².